The van der Waals surface area contributed by atoms with Crippen LogP contribution < -0.4 is 0 Å². The van der Waals surface area contributed by atoms with Gasteiger partial charge in [0, 0.05) is 14.1 Å². The fraction of sp³-hybridized carbons (Fsp3) is 0.778. The van der Waals surface area contributed by atoms with Crippen LogP contribution in [0.25, 0.3) is 0 Å². The van der Waals surface area contributed by atoms with Gasteiger partial charge in [-0.3, -0.25) is 9.59 Å². The van der Waals surface area contributed by atoms with Crippen LogP contribution in [-0.2, 0) is 9.59 Å². The zero-order valence-corrected chi connectivity index (χ0v) is 10.3. The maximum atomic E-state index is 11.7. The Bertz CT molecular complexity index is 218. The van der Waals surface area contributed by atoms with Gasteiger partial charge in [0.05, 0.1) is 13.6 Å². The summed E-state index contributed by atoms with van der Waals surface area (Å²) in [6.07, 6.45) is 0. The lowest BCUT2D eigenvalue weighted by Gasteiger charge is -2.27. The van der Waals surface area contributed by atoms with Gasteiger partial charge < -0.3 is 4.90 Å². The van der Waals surface area contributed by atoms with E-state index in [0.29, 0.717) is 0 Å². The maximum Gasteiger partial charge on any atom is 0.229 e. The van der Waals surface area contributed by atoms with Gasteiger partial charge in [0.1, 0.15) is 5.78 Å². The highest BCUT2D eigenvalue weighted by Crippen LogP contribution is 2.24. The lowest BCUT2D eigenvalue weighted by atomic mass is 10.3. The minimum Gasteiger partial charge on any atom is -0.348 e. The van der Waals surface area contributed by atoms with Gasteiger partial charge in [0.15, 0.2) is 0 Å². The summed E-state index contributed by atoms with van der Waals surface area (Å²) in [4.78, 5) is 24.5. The summed E-state index contributed by atoms with van der Waals surface area (Å²) >= 11 is 0. The van der Waals surface area contributed by atoms with E-state index in [9.17, 15) is 9.59 Å². The van der Waals surface area contributed by atoms with E-state index in [-0.39, 0.29) is 17.2 Å². The topological polar surface area (TPSA) is 37.4 Å². The highest BCUT2D eigenvalue weighted by molar-refractivity contribution is 6.83. The summed E-state index contributed by atoms with van der Waals surface area (Å²) in [5.74, 6) is -0.0514. The fourth-order valence-electron chi connectivity index (χ4n) is 1.41. The van der Waals surface area contributed by atoms with E-state index in [1.54, 1.807) is 14.1 Å². The minimum atomic E-state index is -1.72. The van der Waals surface area contributed by atoms with Crippen molar-refractivity contribution in [2.45, 2.75) is 32.1 Å². The van der Waals surface area contributed by atoms with Crippen LogP contribution in [0.4, 0.5) is 0 Å². The number of hydrogen-bond donors (Lipinski definition) is 0. The van der Waals surface area contributed by atoms with Crippen molar-refractivity contribution in [1.82, 2.24) is 4.90 Å². The second kappa shape index (κ2) is 4.04. The number of Topliss-reactive ketones (excluding diaryl/α,β-unsaturated/α-hetero) is 1. The summed E-state index contributed by atoms with van der Waals surface area (Å²) in [5.41, 5.74) is -0.387. The molecule has 0 saturated heterocycles. The predicted octanol–water partition coefficient (Wildman–Crippen LogP) is 1.37. The molecule has 1 unspecified atom stereocenters. The monoisotopic (exact) mass is 201 g/mol. The molecular formula is C9H19NO2Si. The number of amides is 1. The van der Waals surface area contributed by atoms with Crippen molar-refractivity contribution in [2.24, 2.45) is 0 Å². The first-order valence-electron chi connectivity index (χ1n) is 4.39. The normalized spacial score (nSPS) is 13.7. The van der Waals surface area contributed by atoms with Gasteiger partial charge in [-0.25, -0.2) is 0 Å². The molecule has 1 amide bonds. The van der Waals surface area contributed by atoms with Gasteiger partial charge in [-0.15, -0.1) is 0 Å². The van der Waals surface area contributed by atoms with Gasteiger partial charge in [-0.2, -0.15) is 0 Å². The molecule has 0 fully saturated rings. The second-order valence-corrected chi connectivity index (χ2v) is 9.95. The van der Waals surface area contributed by atoms with E-state index in [1.165, 1.54) is 11.8 Å². The summed E-state index contributed by atoms with van der Waals surface area (Å²) in [5, 5.41) is 0. The van der Waals surface area contributed by atoms with Gasteiger partial charge >= 0.3 is 0 Å². The molecule has 0 saturated carbocycles. The molecule has 0 aliphatic rings. The third-order valence-electron chi connectivity index (χ3n) is 1.96. The lowest BCUT2D eigenvalue weighted by Crippen LogP contribution is -2.43. The highest BCUT2D eigenvalue weighted by Gasteiger charge is 2.37. The zero-order chi connectivity index (χ0) is 10.8. The highest BCUT2D eigenvalue weighted by atomic mass is 28.3. The number of ketones is 1. The Morgan fingerprint density at radius 2 is 1.54 bits per heavy atom. The second-order valence-electron chi connectivity index (χ2n) is 4.64. The molecule has 0 aromatic rings. The molecule has 0 spiro atoms. The van der Waals surface area contributed by atoms with Gasteiger partial charge in [-0.05, 0) is 6.92 Å². The van der Waals surface area contributed by atoms with Crippen LogP contribution >= 0.6 is 0 Å². The molecule has 0 heterocycles. The smallest absolute Gasteiger partial charge is 0.229 e. The third kappa shape index (κ3) is 3.30. The van der Waals surface area contributed by atoms with Crippen LogP contribution in [0.15, 0.2) is 0 Å². The predicted molar refractivity (Wildman–Crippen MR) is 56.5 cm³/mol. The molecule has 0 aliphatic heterocycles. The Labute approximate surface area is 81.1 Å². The van der Waals surface area contributed by atoms with Crippen molar-refractivity contribution in [3.05, 3.63) is 0 Å². The molecule has 0 radical (unpaired) electrons. The Morgan fingerprint density at radius 1 is 1.15 bits per heavy atom. The van der Waals surface area contributed by atoms with Crippen molar-refractivity contribution >= 4 is 19.8 Å². The zero-order valence-electron chi connectivity index (χ0n) is 9.34. The molecule has 1 atom stereocenters. The summed E-state index contributed by atoms with van der Waals surface area (Å²) in [6.45, 7) is 7.63. The molecule has 0 bridgehead atoms. The van der Waals surface area contributed by atoms with Crippen molar-refractivity contribution in [1.29, 1.82) is 0 Å². The third-order valence-corrected chi connectivity index (χ3v) is 4.35. The van der Waals surface area contributed by atoms with Gasteiger partial charge in [0.2, 0.25) is 5.91 Å². The molecule has 4 heteroatoms. The van der Waals surface area contributed by atoms with Crippen LogP contribution in [0.5, 0.6) is 0 Å². The number of rotatable bonds is 3. The Hall–Kier alpha value is -0.643. The van der Waals surface area contributed by atoms with Crippen molar-refractivity contribution in [3.63, 3.8) is 0 Å². The van der Waals surface area contributed by atoms with Crippen LogP contribution in [0.2, 0.25) is 25.2 Å². The molecular weight excluding hydrogens is 182 g/mol. The largest absolute Gasteiger partial charge is 0.348 e. The Balaban J connectivity index is 4.84. The van der Waals surface area contributed by atoms with Crippen LogP contribution in [0.1, 0.15) is 6.92 Å². The standard InChI is InChI=1S/C9H19NO2Si/c1-7(11)8(13(4,5)6)9(12)10(2)3/h8H,1-6H3. The van der Waals surface area contributed by atoms with E-state index < -0.39 is 8.07 Å². The average molecular weight is 201 g/mol. The average Bonchev–Trinajstić information content (AvgIpc) is 1.82. The molecule has 0 aromatic heterocycles. The molecule has 0 rings (SSSR count). The molecule has 0 aliphatic carbocycles. The van der Waals surface area contributed by atoms with Crippen molar-refractivity contribution in [2.75, 3.05) is 14.1 Å². The van der Waals surface area contributed by atoms with E-state index in [1.807, 2.05) is 19.6 Å². The fourth-order valence-corrected chi connectivity index (χ4v) is 3.63. The number of carbonyl (C=O) groups excluding carboxylic acids is 2. The molecule has 76 valence electrons. The molecule has 13 heavy (non-hydrogen) atoms. The van der Waals surface area contributed by atoms with Crippen molar-refractivity contribution < 1.29 is 9.59 Å². The maximum absolute atomic E-state index is 11.7. The first kappa shape index (κ1) is 12.4. The summed E-state index contributed by atoms with van der Waals surface area (Å²) in [6, 6.07) is 0. The Kier molecular flexibility index (Phi) is 3.84. The number of nitrogens with zero attached hydrogens (tertiary/aromatic N) is 1. The minimum absolute atomic E-state index is 0.00198. The van der Waals surface area contributed by atoms with E-state index >= 15 is 0 Å². The van der Waals surface area contributed by atoms with E-state index in [0.717, 1.165) is 0 Å². The molecule has 0 aromatic carbocycles. The quantitative estimate of drug-likeness (QED) is 0.511. The first-order valence-corrected chi connectivity index (χ1v) is 7.97. The van der Waals surface area contributed by atoms with Gasteiger partial charge in [-0.1, -0.05) is 19.6 Å². The van der Waals surface area contributed by atoms with Crippen LogP contribution in [0, 0.1) is 0 Å². The summed E-state index contributed by atoms with van der Waals surface area (Å²) in [7, 11) is 1.67. The SMILES string of the molecule is CC(=O)C(C(=O)N(C)C)[Si](C)(C)C. The van der Waals surface area contributed by atoms with Crippen LogP contribution in [0.3, 0.4) is 0 Å². The van der Waals surface area contributed by atoms with Crippen LogP contribution in [-0.4, -0.2) is 38.8 Å². The number of carbonyl (C=O) groups is 2. The number of hydrogen-bond acceptors (Lipinski definition) is 2. The lowest BCUT2D eigenvalue weighted by molar-refractivity contribution is -0.132. The van der Waals surface area contributed by atoms with Crippen molar-refractivity contribution in [3.8, 4) is 0 Å². The summed E-state index contributed by atoms with van der Waals surface area (Å²) < 4.78 is 0. The Morgan fingerprint density at radius 3 is 1.62 bits per heavy atom. The molecule has 3 nitrogen and oxygen atoms in total. The van der Waals surface area contributed by atoms with E-state index in [4.69, 9.17) is 0 Å². The van der Waals surface area contributed by atoms with Gasteiger partial charge in [0.25, 0.3) is 0 Å². The van der Waals surface area contributed by atoms with E-state index in [2.05, 4.69) is 0 Å². The first-order chi connectivity index (χ1) is 5.68. The molecule has 0 N–H and O–H groups in total.